The van der Waals surface area contributed by atoms with Crippen molar-refractivity contribution in [1.82, 2.24) is 0 Å². The van der Waals surface area contributed by atoms with Gasteiger partial charge in [-0.15, -0.1) is 5.11 Å². The molecule has 0 unspecified atom stereocenters. The molecule has 0 saturated heterocycles. The summed E-state index contributed by atoms with van der Waals surface area (Å²) in [5.74, 6) is 0. The Hall–Kier alpha value is -2.76. The fraction of sp³-hybridized carbons (Fsp3) is 0.0769. The molecule has 6 nitrogen and oxygen atoms in total. The summed E-state index contributed by atoms with van der Waals surface area (Å²) in [6, 6.07) is 13.6. The van der Waals surface area contributed by atoms with Gasteiger partial charge in [-0.1, -0.05) is 22.9 Å². The quantitative estimate of drug-likeness (QED) is 0.509. The summed E-state index contributed by atoms with van der Waals surface area (Å²) >= 11 is 0. The summed E-state index contributed by atoms with van der Waals surface area (Å²) in [5, 5.41) is 18.2. The third kappa shape index (κ3) is 3.60. The highest BCUT2D eigenvalue weighted by Gasteiger charge is 2.02. The molecule has 1 N–H and O–H groups in total. The van der Waals surface area contributed by atoms with Gasteiger partial charge in [0.25, 0.3) is 5.69 Å². The first-order valence-electron chi connectivity index (χ1n) is 5.63. The van der Waals surface area contributed by atoms with Crippen molar-refractivity contribution in [3.05, 3.63) is 64.2 Å². The van der Waals surface area contributed by atoms with Crippen molar-refractivity contribution >= 4 is 17.1 Å². The Morgan fingerprint density at radius 3 is 2.26 bits per heavy atom. The molecular formula is C13H12N4O2. The molecule has 2 rings (SSSR count). The number of rotatable bonds is 4. The maximum absolute atomic E-state index is 10.5. The molecule has 0 atom stereocenters. The number of nitro groups is 1. The van der Waals surface area contributed by atoms with E-state index in [-0.39, 0.29) is 5.69 Å². The van der Waals surface area contributed by atoms with Crippen LogP contribution < -0.4 is 5.43 Å². The third-order valence-electron chi connectivity index (χ3n) is 2.46. The zero-order valence-corrected chi connectivity index (χ0v) is 10.3. The highest BCUT2D eigenvalue weighted by Crippen LogP contribution is 2.18. The summed E-state index contributed by atoms with van der Waals surface area (Å²) < 4.78 is 0. The molecule has 0 aliphatic carbocycles. The number of hydrogen-bond acceptors (Lipinski definition) is 4. The Labute approximate surface area is 109 Å². The number of aryl methyl sites for hydroxylation is 1. The van der Waals surface area contributed by atoms with Crippen molar-refractivity contribution in [1.29, 1.82) is 0 Å². The van der Waals surface area contributed by atoms with Crippen LogP contribution in [0.25, 0.3) is 0 Å². The molecule has 2 aromatic carbocycles. The van der Waals surface area contributed by atoms with Gasteiger partial charge < -0.3 is 0 Å². The summed E-state index contributed by atoms with van der Waals surface area (Å²) in [6.45, 7) is 2.00. The molecule has 96 valence electrons. The molecule has 0 aliphatic rings. The summed E-state index contributed by atoms with van der Waals surface area (Å²) in [7, 11) is 0. The number of non-ortho nitro benzene ring substituents is 1. The van der Waals surface area contributed by atoms with E-state index in [0.29, 0.717) is 5.69 Å². The van der Waals surface area contributed by atoms with Crippen LogP contribution in [-0.4, -0.2) is 4.92 Å². The maximum Gasteiger partial charge on any atom is 0.269 e. The molecule has 0 fully saturated rings. The van der Waals surface area contributed by atoms with E-state index < -0.39 is 4.92 Å². The minimum atomic E-state index is -0.453. The molecule has 0 radical (unpaired) electrons. The number of nitro benzene ring substituents is 1. The topological polar surface area (TPSA) is 79.9 Å². The van der Waals surface area contributed by atoms with Gasteiger partial charge in [-0.3, -0.25) is 15.5 Å². The first-order valence-corrected chi connectivity index (χ1v) is 5.63. The third-order valence-corrected chi connectivity index (χ3v) is 2.46. The number of anilines is 1. The number of nitrogens with one attached hydrogen (secondary N) is 1. The predicted octanol–water partition coefficient (Wildman–Crippen LogP) is 4.01. The van der Waals surface area contributed by atoms with E-state index in [4.69, 9.17) is 0 Å². The largest absolute Gasteiger partial charge is 0.269 e. The molecule has 0 heterocycles. The predicted molar refractivity (Wildman–Crippen MR) is 72.4 cm³/mol. The monoisotopic (exact) mass is 256 g/mol. The van der Waals surface area contributed by atoms with Crippen LogP contribution in [0, 0.1) is 17.0 Å². The molecule has 6 heteroatoms. The van der Waals surface area contributed by atoms with E-state index in [1.165, 1.54) is 12.1 Å². The molecule has 0 saturated carbocycles. The lowest BCUT2D eigenvalue weighted by atomic mass is 10.2. The SMILES string of the molecule is Cc1ccc(NN=Nc2ccc([N+](=O)[O-])cc2)cc1. The number of nitrogens with zero attached hydrogens (tertiary/aromatic N) is 3. The standard InChI is InChI=1S/C13H12N4O2/c1-10-2-4-11(5-3-10)14-16-15-12-6-8-13(9-7-12)17(18)19/h2-9H,1H3,(H,14,15). The second-order valence-electron chi connectivity index (χ2n) is 3.95. The van der Waals surface area contributed by atoms with Crippen LogP contribution >= 0.6 is 0 Å². The van der Waals surface area contributed by atoms with Crippen LogP contribution in [0.4, 0.5) is 17.1 Å². The molecular weight excluding hydrogens is 244 g/mol. The molecule has 0 aromatic heterocycles. The molecule has 0 bridgehead atoms. The Bertz CT molecular complexity index is 591. The average molecular weight is 256 g/mol. The fourth-order valence-electron chi connectivity index (χ4n) is 1.41. The Morgan fingerprint density at radius 2 is 1.68 bits per heavy atom. The van der Waals surface area contributed by atoms with Gasteiger partial charge in [0.05, 0.1) is 16.3 Å². The van der Waals surface area contributed by atoms with Crippen LogP contribution in [0.15, 0.2) is 58.9 Å². The minimum Gasteiger partial charge on any atom is -0.260 e. The van der Waals surface area contributed by atoms with Crippen molar-refractivity contribution < 1.29 is 4.92 Å². The highest BCUT2D eigenvalue weighted by molar-refractivity contribution is 5.45. The van der Waals surface area contributed by atoms with E-state index >= 15 is 0 Å². The van der Waals surface area contributed by atoms with Crippen molar-refractivity contribution in [2.45, 2.75) is 6.92 Å². The van der Waals surface area contributed by atoms with Crippen molar-refractivity contribution in [3.63, 3.8) is 0 Å². The molecule has 2 aromatic rings. The van der Waals surface area contributed by atoms with Gasteiger partial charge in [-0.2, -0.15) is 0 Å². The molecule has 0 amide bonds. The van der Waals surface area contributed by atoms with Gasteiger partial charge in [0.1, 0.15) is 0 Å². The van der Waals surface area contributed by atoms with Crippen LogP contribution in [-0.2, 0) is 0 Å². The maximum atomic E-state index is 10.5. The summed E-state index contributed by atoms with van der Waals surface area (Å²) in [6.07, 6.45) is 0. The smallest absolute Gasteiger partial charge is 0.260 e. The summed E-state index contributed by atoms with van der Waals surface area (Å²) in [5.41, 5.74) is 5.36. The number of benzene rings is 2. The lowest BCUT2D eigenvalue weighted by Crippen LogP contribution is -1.87. The van der Waals surface area contributed by atoms with Gasteiger partial charge in [-0.05, 0) is 31.2 Å². The van der Waals surface area contributed by atoms with E-state index in [1.54, 1.807) is 12.1 Å². The first kappa shape index (κ1) is 12.7. The van der Waals surface area contributed by atoms with Crippen LogP contribution in [0.3, 0.4) is 0 Å². The number of hydrogen-bond donors (Lipinski definition) is 1. The van der Waals surface area contributed by atoms with Gasteiger partial charge in [0.2, 0.25) is 0 Å². The molecule has 19 heavy (non-hydrogen) atoms. The van der Waals surface area contributed by atoms with E-state index in [2.05, 4.69) is 15.8 Å². The Balaban J connectivity index is 1.98. The van der Waals surface area contributed by atoms with Gasteiger partial charge in [0, 0.05) is 12.1 Å². The van der Waals surface area contributed by atoms with E-state index in [0.717, 1.165) is 11.3 Å². The van der Waals surface area contributed by atoms with Crippen LogP contribution in [0.5, 0.6) is 0 Å². The Morgan fingerprint density at radius 1 is 1.05 bits per heavy atom. The second kappa shape index (κ2) is 5.72. The average Bonchev–Trinajstić information content (AvgIpc) is 2.41. The molecule has 0 aliphatic heterocycles. The first-order chi connectivity index (χ1) is 9.15. The zero-order valence-electron chi connectivity index (χ0n) is 10.3. The van der Waals surface area contributed by atoms with E-state index in [1.807, 2.05) is 31.2 Å². The normalized spacial score (nSPS) is 10.6. The molecule has 0 spiro atoms. The van der Waals surface area contributed by atoms with E-state index in [9.17, 15) is 10.1 Å². The second-order valence-corrected chi connectivity index (χ2v) is 3.95. The van der Waals surface area contributed by atoms with Gasteiger partial charge >= 0.3 is 0 Å². The van der Waals surface area contributed by atoms with Gasteiger partial charge in [0.15, 0.2) is 0 Å². The fourth-order valence-corrected chi connectivity index (χ4v) is 1.41. The zero-order chi connectivity index (χ0) is 13.7. The lowest BCUT2D eigenvalue weighted by Gasteiger charge is -1.99. The summed E-state index contributed by atoms with van der Waals surface area (Å²) in [4.78, 5) is 10.0. The van der Waals surface area contributed by atoms with Crippen LogP contribution in [0.2, 0.25) is 0 Å². The highest BCUT2D eigenvalue weighted by atomic mass is 16.6. The minimum absolute atomic E-state index is 0.0328. The van der Waals surface area contributed by atoms with Crippen LogP contribution in [0.1, 0.15) is 5.56 Å². The van der Waals surface area contributed by atoms with Crippen molar-refractivity contribution in [2.24, 2.45) is 10.3 Å². The lowest BCUT2D eigenvalue weighted by molar-refractivity contribution is -0.384. The van der Waals surface area contributed by atoms with Crippen molar-refractivity contribution in [3.8, 4) is 0 Å². The van der Waals surface area contributed by atoms with Gasteiger partial charge in [-0.25, -0.2) is 0 Å². The Kier molecular flexibility index (Phi) is 3.82. The van der Waals surface area contributed by atoms with Crippen molar-refractivity contribution in [2.75, 3.05) is 5.43 Å².